The summed E-state index contributed by atoms with van der Waals surface area (Å²) in [5.41, 5.74) is 8.92. The van der Waals surface area contributed by atoms with Gasteiger partial charge in [0.05, 0.1) is 25.6 Å². The van der Waals surface area contributed by atoms with Crippen molar-refractivity contribution in [3.05, 3.63) is 46.4 Å². The predicted octanol–water partition coefficient (Wildman–Crippen LogP) is 3.68. The molecule has 0 aromatic heterocycles. The van der Waals surface area contributed by atoms with E-state index in [1.807, 2.05) is 43.4 Å². The largest absolute Gasteiger partial charge is 0.493 e. The lowest BCUT2D eigenvalue weighted by Gasteiger charge is -2.22. The van der Waals surface area contributed by atoms with Crippen LogP contribution in [0.15, 0.2) is 40.9 Å². The van der Waals surface area contributed by atoms with Crippen LogP contribution < -0.4 is 20.1 Å². The van der Waals surface area contributed by atoms with Gasteiger partial charge < -0.3 is 20.1 Å². The summed E-state index contributed by atoms with van der Waals surface area (Å²) in [6.45, 7) is 0.728. The Labute approximate surface area is 133 Å². The first kappa shape index (κ1) is 15.5. The Morgan fingerprint density at radius 2 is 1.76 bits per heavy atom. The van der Waals surface area contributed by atoms with E-state index >= 15 is 0 Å². The topological polar surface area (TPSA) is 47.7 Å². The Kier molecular flexibility index (Phi) is 4.96. The van der Waals surface area contributed by atoms with Gasteiger partial charge in [-0.2, -0.15) is 0 Å². The van der Waals surface area contributed by atoms with Gasteiger partial charge in [-0.15, -0.1) is 0 Å². The second-order valence-corrected chi connectivity index (χ2v) is 5.66. The number of hydrogen-bond acceptors (Lipinski definition) is 4. The Hall–Kier alpha value is -1.88. The molecular weight excluding hydrogens is 332 g/mol. The summed E-state index contributed by atoms with van der Waals surface area (Å²) >= 11 is 3.42. The van der Waals surface area contributed by atoms with Gasteiger partial charge in [0.1, 0.15) is 0 Å². The highest BCUT2D eigenvalue weighted by atomic mass is 79.9. The van der Waals surface area contributed by atoms with Crippen molar-refractivity contribution in [2.45, 2.75) is 6.54 Å². The van der Waals surface area contributed by atoms with E-state index in [9.17, 15) is 0 Å². The van der Waals surface area contributed by atoms with Gasteiger partial charge in [0.25, 0.3) is 0 Å². The Morgan fingerprint density at radius 1 is 1.05 bits per heavy atom. The van der Waals surface area contributed by atoms with E-state index in [1.165, 1.54) is 0 Å². The van der Waals surface area contributed by atoms with Crippen LogP contribution in [-0.4, -0.2) is 21.3 Å². The summed E-state index contributed by atoms with van der Waals surface area (Å²) in [6.07, 6.45) is 0. The molecule has 0 bridgehead atoms. The van der Waals surface area contributed by atoms with Gasteiger partial charge >= 0.3 is 0 Å². The predicted molar refractivity (Wildman–Crippen MR) is 90.2 cm³/mol. The van der Waals surface area contributed by atoms with Crippen molar-refractivity contribution in [2.75, 3.05) is 31.9 Å². The average Bonchev–Trinajstić information content (AvgIpc) is 2.46. The molecule has 2 aromatic carbocycles. The number of nitrogens with two attached hydrogens (primary N) is 1. The van der Waals surface area contributed by atoms with Crippen LogP contribution >= 0.6 is 15.9 Å². The Morgan fingerprint density at radius 3 is 2.38 bits per heavy atom. The van der Waals surface area contributed by atoms with Gasteiger partial charge in [0, 0.05) is 18.1 Å². The van der Waals surface area contributed by atoms with Crippen LogP contribution in [0.2, 0.25) is 0 Å². The zero-order valence-electron chi connectivity index (χ0n) is 12.4. The van der Waals surface area contributed by atoms with Gasteiger partial charge in [0.2, 0.25) is 0 Å². The minimum Gasteiger partial charge on any atom is -0.493 e. The standard InChI is InChI=1S/C16H19BrN2O2/c1-19(14-6-5-12(17)9-13(14)18)10-11-4-7-15(20-2)16(8-11)21-3/h4-9H,10,18H2,1-3H3. The number of halogens is 1. The Balaban J connectivity index is 2.21. The Bertz CT molecular complexity index is 632. The molecule has 0 amide bonds. The average molecular weight is 351 g/mol. The molecule has 0 spiro atoms. The third kappa shape index (κ3) is 3.61. The number of benzene rings is 2. The molecule has 112 valence electrons. The first-order valence-electron chi connectivity index (χ1n) is 6.52. The van der Waals surface area contributed by atoms with Gasteiger partial charge in [0.15, 0.2) is 11.5 Å². The summed E-state index contributed by atoms with van der Waals surface area (Å²) in [7, 11) is 5.28. The fourth-order valence-electron chi connectivity index (χ4n) is 2.21. The summed E-state index contributed by atoms with van der Waals surface area (Å²) < 4.78 is 11.6. The number of nitrogen functional groups attached to an aromatic ring is 1. The highest BCUT2D eigenvalue weighted by Gasteiger charge is 2.09. The van der Waals surface area contributed by atoms with E-state index in [1.54, 1.807) is 14.2 Å². The van der Waals surface area contributed by atoms with Crippen molar-refractivity contribution in [2.24, 2.45) is 0 Å². The maximum absolute atomic E-state index is 6.06. The lowest BCUT2D eigenvalue weighted by molar-refractivity contribution is 0.354. The van der Waals surface area contributed by atoms with E-state index < -0.39 is 0 Å². The van der Waals surface area contributed by atoms with Gasteiger partial charge in [-0.25, -0.2) is 0 Å². The van der Waals surface area contributed by atoms with E-state index in [-0.39, 0.29) is 0 Å². The van der Waals surface area contributed by atoms with E-state index in [2.05, 4.69) is 20.8 Å². The van der Waals surface area contributed by atoms with Gasteiger partial charge in [-0.3, -0.25) is 0 Å². The van der Waals surface area contributed by atoms with Crippen molar-refractivity contribution < 1.29 is 9.47 Å². The second-order valence-electron chi connectivity index (χ2n) is 4.75. The quantitative estimate of drug-likeness (QED) is 0.835. The van der Waals surface area contributed by atoms with Gasteiger partial charge in [-0.05, 0) is 35.9 Å². The normalized spacial score (nSPS) is 10.3. The maximum atomic E-state index is 6.06. The molecule has 0 saturated heterocycles. The molecule has 0 aliphatic rings. The molecule has 0 atom stereocenters. The third-order valence-corrected chi connectivity index (χ3v) is 3.76. The molecule has 5 heteroatoms. The van der Waals surface area contributed by atoms with Crippen LogP contribution in [-0.2, 0) is 6.54 Å². The molecule has 21 heavy (non-hydrogen) atoms. The smallest absolute Gasteiger partial charge is 0.161 e. The second kappa shape index (κ2) is 6.72. The van der Waals surface area contributed by atoms with Crippen LogP contribution in [0, 0.1) is 0 Å². The zero-order valence-corrected chi connectivity index (χ0v) is 14.0. The minimum absolute atomic E-state index is 0.728. The minimum atomic E-state index is 0.728. The molecule has 0 aliphatic heterocycles. The molecular formula is C16H19BrN2O2. The number of rotatable bonds is 5. The fourth-order valence-corrected chi connectivity index (χ4v) is 2.59. The monoisotopic (exact) mass is 350 g/mol. The fraction of sp³-hybridized carbons (Fsp3) is 0.250. The number of anilines is 2. The number of nitrogens with zero attached hydrogens (tertiary/aromatic N) is 1. The molecule has 0 aliphatic carbocycles. The van der Waals surface area contributed by atoms with Crippen molar-refractivity contribution in [3.63, 3.8) is 0 Å². The molecule has 2 aromatic rings. The number of methoxy groups -OCH3 is 2. The van der Waals surface area contributed by atoms with Gasteiger partial charge in [-0.1, -0.05) is 22.0 Å². The first-order valence-corrected chi connectivity index (χ1v) is 7.31. The molecule has 0 fully saturated rings. The first-order chi connectivity index (χ1) is 10.0. The van der Waals surface area contributed by atoms with Crippen molar-refractivity contribution in [3.8, 4) is 11.5 Å². The maximum Gasteiger partial charge on any atom is 0.161 e. The zero-order chi connectivity index (χ0) is 15.4. The molecule has 0 unspecified atom stereocenters. The summed E-state index contributed by atoms with van der Waals surface area (Å²) in [6, 6.07) is 11.8. The molecule has 2 rings (SSSR count). The van der Waals surface area contributed by atoms with Crippen LogP contribution in [0.3, 0.4) is 0 Å². The molecule has 0 heterocycles. The molecule has 4 nitrogen and oxygen atoms in total. The van der Waals surface area contributed by atoms with E-state index in [0.717, 1.165) is 39.5 Å². The molecule has 2 N–H and O–H groups in total. The number of ether oxygens (including phenoxy) is 2. The third-order valence-electron chi connectivity index (χ3n) is 3.27. The van der Waals surface area contributed by atoms with E-state index in [4.69, 9.17) is 15.2 Å². The summed E-state index contributed by atoms with van der Waals surface area (Å²) in [4.78, 5) is 2.10. The van der Waals surface area contributed by atoms with Crippen LogP contribution in [0.5, 0.6) is 11.5 Å². The molecule has 0 saturated carbocycles. The van der Waals surface area contributed by atoms with Crippen LogP contribution in [0.25, 0.3) is 0 Å². The van der Waals surface area contributed by atoms with Crippen molar-refractivity contribution in [1.82, 2.24) is 0 Å². The van der Waals surface area contributed by atoms with Crippen LogP contribution in [0.1, 0.15) is 5.56 Å². The van der Waals surface area contributed by atoms with Crippen molar-refractivity contribution in [1.29, 1.82) is 0 Å². The lowest BCUT2D eigenvalue weighted by atomic mass is 10.1. The lowest BCUT2D eigenvalue weighted by Crippen LogP contribution is -2.17. The molecule has 0 radical (unpaired) electrons. The van der Waals surface area contributed by atoms with E-state index in [0.29, 0.717) is 0 Å². The van der Waals surface area contributed by atoms with Crippen molar-refractivity contribution >= 4 is 27.3 Å². The number of hydrogen-bond donors (Lipinski definition) is 1. The highest BCUT2D eigenvalue weighted by Crippen LogP contribution is 2.30. The highest BCUT2D eigenvalue weighted by molar-refractivity contribution is 9.10. The van der Waals surface area contributed by atoms with Crippen LogP contribution in [0.4, 0.5) is 11.4 Å². The SMILES string of the molecule is COc1ccc(CN(C)c2ccc(Br)cc2N)cc1OC. The summed E-state index contributed by atoms with van der Waals surface area (Å²) in [5, 5.41) is 0. The summed E-state index contributed by atoms with van der Waals surface area (Å²) in [5.74, 6) is 1.46.